The minimum Gasteiger partial charge on any atom is -0.487 e. The predicted molar refractivity (Wildman–Crippen MR) is 259 cm³/mol. The zero-order valence-corrected chi connectivity index (χ0v) is 40.2. The molecular formula is C48H58Cl2FN9O7S. The summed E-state index contributed by atoms with van der Waals surface area (Å²) in [5.74, 6) is -1.04. The first-order chi connectivity index (χ1) is 32.5. The second-order valence-corrected chi connectivity index (χ2v) is 18.9. The molecule has 364 valence electrons. The third kappa shape index (κ3) is 12.9. The maximum atomic E-state index is 14.7. The highest BCUT2D eigenvalue weighted by atomic mass is 35.5. The number of anilines is 3. The van der Waals surface area contributed by atoms with Crippen LogP contribution in [0, 0.1) is 11.2 Å². The van der Waals surface area contributed by atoms with Gasteiger partial charge in [-0.3, -0.25) is 39.1 Å². The number of amides is 5. The van der Waals surface area contributed by atoms with E-state index in [1.54, 1.807) is 36.5 Å². The molecule has 5 amide bonds. The largest absolute Gasteiger partial charge is 0.487 e. The second-order valence-electron chi connectivity index (χ2n) is 17.6. The molecule has 4 N–H and O–H groups in total. The molecule has 1 atom stereocenters. The maximum Gasteiger partial charge on any atom is 0.255 e. The Balaban J connectivity index is 0.00000684. The van der Waals surface area contributed by atoms with E-state index in [0.29, 0.717) is 87.3 Å². The smallest absolute Gasteiger partial charge is 0.255 e. The van der Waals surface area contributed by atoms with Crippen molar-refractivity contribution in [1.82, 2.24) is 35.3 Å². The number of benzene rings is 2. The van der Waals surface area contributed by atoms with E-state index >= 15 is 0 Å². The highest BCUT2D eigenvalue weighted by Crippen LogP contribution is 2.41. The molecule has 2 aromatic carbocycles. The first-order valence-corrected chi connectivity index (χ1v) is 24.4. The summed E-state index contributed by atoms with van der Waals surface area (Å²) in [5.41, 5.74) is 1.78. The van der Waals surface area contributed by atoms with E-state index in [2.05, 4.69) is 36.1 Å². The van der Waals surface area contributed by atoms with Gasteiger partial charge in [-0.1, -0.05) is 29.8 Å². The zero-order chi connectivity index (χ0) is 46.8. The first kappa shape index (κ1) is 50.6. The fourth-order valence-electron chi connectivity index (χ4n) is 9.34. The number of thiazole rings is 1. The third-order valence-corrected chi connectivity index (χ3v) is 14.1. The molecule has 5 heterocycles. The molecular weight excluding hydrogens is 937 g/mol. The molecule has 20 heteroatoms. The molecule has 1 aliphatic carbocycles. The van der Waals surface area contributed by atoms with E-state index in [9.17, 15) is 28.4 Å². The summed E-state index contributed by atoms with van der Waals surface area (Å²) in [6.45, 7) is 6.95. The van der Waals surface area contributed by atoms with E-state index < -0.39 is 23.2 Å². The molecule has 4 aromatic rings. The number of rotatable bonds is 20. The van der Waals surface area contributed by atoms with E-state index in [1.807, 2.05) is 23.6 Å². The van der Waals surface area contributed by atoms with Crippen molar-refractivity contribution in [2.24, 2.45) is 5.41 Å². The first-order valence-electron chi connectivity index (χ1n) is 23.1. The fourth-order valence-corrected chi connectivity index (χ4v) is 10.0. The average Bonchev–Trinajstić information content (AvgIpc) is 3.96. The van der Waals surface area contributed by atoms with E-state index in [4.69, 9.17) is 26.1 Å². The van der Waals surface area contributed by atoms with Crippen molar-refractivity contribution in [1.29, 1.82) is 0 Å². The zero-order valence-electron chi connectivity index (χ0n) is 37.8. The van der Waals surface area contributed by atoms with Crippen molar-refractivity contribution in [3.63, 3.8) is 0 Å². The summed E-state index contributed by atoms with van der Waals surface area (Å²) in [6, 6.07) is 15.0. The molecule has 0 spiro atoms. The summed E-state index contributed by atoms with van der Waals surface area (Å²) in [5, 5.41) is 14.4. The monoisotopic (exact) mass is 993 g/mol. The van der Waals surface area contributed by atoms with Crippen molar-refractivity contribution in [3.8, 4) is 5.75 Å². The predicted octanol–water partition coefficient (Wildman–Crippen LogP) is 6.37. The Morgan fingerprint density at radius 3 is 2.47 bits per heavy atom. The summed E-state index contributed by atoms with van der Waals surface area (Å²) in [6.07, 6.45) is 6.35. The van der Waals surface area contributed by atoms with E-state index in [-0.39, 0.29) is 72.3 Å². The van der Waals surface area contributed by atoms with Crippen molar-refractivity contribution in [2.75, 3.05) is 69.7 Å². The summed E-state index contributed by atoms with van der Waals surface area (Å²) < 4.78 is 26.7. The molecule has 68 heavy (non-hydrogen) atoms. The van der Waals surface area contributed by atoms with Gasteiger partial charge in [0.1, 0.15) is 11.9 Å². The van der Waals surface area contributed by atoms with Crippen LogP contribution < -0.4 is 26.0 Å². The lowest BCUT2D eigenvalue weighted by Crippen LogP contribution is -2.52. The Hall–Kier alpha value is -5.24. The van der Waals surface area contributed by atoms with Crippen LogP contribution in [0.2, 0.25) is 5.02 Å². The second kappa shape index (κ2) is 23.9. The van der Waals surface area contributed by atoms with Gasteiger partial charge in [-0.25, -0.2) is 14.4 Å². The molecule has 16 nitrogen and oxygen atoms in total. The number of hydrogen-bond acceptors (Lipinski definition) is 13. The Morgan fingerprint density at radius 1 is 0.941 bits per heavy atom. The van der Waals surface area contributed by atoms with Crippen LogP contribution in [0.1, 0.15) is 79.4 Å². The number of carbonyl (C=O) groups excluding carboxylic acids is 5. The number of imide groups is 1. The van der Waals surface area contributed by atoms with Crippen LogP contribution in [0.5, 0.6) is 5.75 Å². The molecule has 8 rings (SSSR count). The lowest BCUT2D eigenvalue weighted by Gasteiger charge is -2.39. The van der Waals surface area contributed by atoms with E-state index in [0.717, 1.165) is 56.5 Å². The Labute approximate surface area is 410 Å². The number of nitrogens with zero attached hydrogens (tertiary/aromatic N) is 5. The number of nitrogens with one attached hydrogen (secondary N) is 4. The number of unbranched alkanes of at least 4 members (excludes halogenated alkanes) is 1. The number of piperidine rings is 1. The number of hydrogen-bond donors (Lipinski definition) is 4. The number of fused-ring (bicyclic) bond motifs is 1. The number of halogens is 3. The van der Waals surface area contributed by atoms with Gasteiger partial charge in [0.25, 0.3) is 5.91 Å². The van der Waals surface area contributed by atoms with Crippen molar-refractivity contribution >= 4 is 81.5 Å². The summed E-state index contributed by atoms with van der Waals surface area (Å²) in [7, 11) is 0. The molecule has 1 saturated carbocycles. The summed E-state index contributed by atoms with van der Waals surface area (Å²) in [4.78, 5) is 79.6. The van der Waals surface area contributed by atoms with Crippen LogP contribution in [-0.4, -0.2) is 125 Å². The lowest BCUT2D eigenvalue weighted by atomic mass is 9.69. The van der Waals surface area contributed by atoms with Gasteiger partial charge in [0, 0.05) is 112 Å². The number of pyridine rings is 1. The number of aromatic nitrogens is 2. The number of piperazine rings is 1. The SMILES string of the molecule is Cl.O=C1CCC(N2Cc3c(NC(=O)CCCCOCCN4CCN(CCNC(=O)C5(Cc6cccc(Nc7nccs7)n6)CCC(Oc6cccc(Cl)c6F)CC5)CC4)cccc3C2=O)C(=O)N1. The Bertz CT molecular complexity index is 2400. The maximum absolute atomic E-state index is 14.7. The minimum absolute atomic E-state index is 0. The van der Waals surface area contributed by atoms with Gasteiger partial charge in [-0.15, -0.1) is 23.7 Å². The topological polar surface area (TPSA) is 187 Å². The van der Waals surface area contributed by atoms with Gasteiger partial charge in [0.05, 0.1) is 23.1 Å². The minimum atomic E-state index is -0.717. The lowest BCUT2D eigenvalue weighted by molar-refractivity contribution is -0.137. The van der Waals surface area contributed by atoms with Gasteiger partial charge >= 0.3 is 0 Å². The molecule has 0 radical (unpaired) electrons. The van der Waals surface area contributed by atoms with Crippen LogP contribution >= 0.6 is 35.3 Å². The van der Waals surface area contributed by atoms with Crippen molar-refractivity contribution in [2.45, 2.75) is 82.9 Å². The van der Waals surface area contributed by atoms with Gasteiger partial charge in [-0.2, -0.15) is 0 Å². The van der Waals surface area contributed by atoms with Crippen LogP contribution in [0.25, 0.3) is 0 Å². The number of ether oxygens (including phenoxy) is 2. The average molecular weight is 995 g/mol. The molecule has 4 aliphatic rings. The quantitative estimate of drug-likeness (QED) is 0.0568. The Morgan fingerprint density at radius 2 is 1.71 bits per heavy atom. The summed E-state index contributed by atoms with van der Waals surface area (Å²) >= 11 is 7.50. The van der Waals surface area contributed by atoms with Crippen LogP contribution in [0.15, 0.2) is 66.2 Å². The van der Waals surface area contributed by atoms with Gasteiger partial charge in [0.2, 0.25) is 23.6 Å². The van der Waals surface area contributed by atoms with Crippen LogP contribution in [0.4, 0.5) is 21.0 Å². The van der Waals surface area contributed by atoms with Gasteiger partial charge < -0.3 is 30.3 Å². The van der Waals surface area contributed by atoms with E-state index in [1.165, 1.54) is 22.3 Å². The number of carbonyl (C=O) groups is 5. The van der Waals surface area contributed by atoms with Gasteiger partial charge in [-0.05, 0) is 81.3 Å². The fraction of sp³-hybridized carbons (Fsp3) is 0.479. The standard InChI is InChI=1S/C48H57ClFN9O7S.ClH/c49-36-8-5-10-39(43(36)50)66-33-15-17-48(18-16-33,30-32-6-3-11-40(53-32)55-47-52-20-29-67-47)46(64)51-19-21-57-22-24-58(25-23-57)26-28-65-27-2-1-12-41(60)54-37-9-4-7-34-35(37)31-59(45(34)63)38-13-14-42(61)56-44(38)62;/h3-11,20,29,33,38H,1-2,12-19,21-28,30-31H2,(H,51,64)(H,54,60)(H,52,53,55)(H,56,61,62);1H. The van der Waals surface area contributed by atoms with Crippen LogP contribution in [-0.2, 0) is 36.9 Å². The third-order valence-electron chi connectivity index (χ3n) is 13.1. The molecule has 3 aliphatic heterocycles. The molecule has 1 unspecified atom stereocenters. The Kier molecular flexibility index (Phi) is 17.8. The van der Waals surface area contributed by atoms with Crippen molar-refractivity contribution < 1.29 is 37.8 Å². The van der Waals surface area contributed by atoms with Crippen molar-refractivity contribution in [3.05, 3.63) is 93.8 Å². The highest BCUT2D eigenvalue weighted by molar-refractivity contribution is 7.13. The highest BCUT2D eigenvalue weighted by Gasteiger charge is 2.43. The van der Waals surface area contributed by atoms with Gasteiger partial charge in [0.15, 0.2) is 16.7 Å². The molecule has 3 fully saturated rings. The normalized spacial score (nSPS) is 20.9. The molecule has 0 bridgehead atoms. The molecule has 2 aromatic heterocycles. The van der Waals surface area contributed by atoms with Crippen LogP contribution in [0.3, 0.4) is 0 Å². The molecule has 2 saturated heterocycles.